The SMILES string of the molecule is CC(=O)OCc1ccc(/N=N/c2ccc(O)c(C(C)=O)c2)cc1. The second-order valence-electron chi connectivity index (χ2n) is 4.90. The van der Waals surface area contributed by atoms with Crippen molar-refractivity contribution in [1.29, 1.82) is 0 Å². The third-order valence-corrected chi connectivity index (χ3v) is 3.02. The molecular formula is C17H16N2O4. The molecule has 0 aromatic heterocycles. The lowest BCUT2D eigenvalue weighted by Gasteiger charge is -2.02. The number of azo groups is 1. The highest BCUT2D eigenvalue weighted by molar-refractivity contribution is 5.97. The monoisotopic (exact) mass is 312 g/mol. The second-order valence-corrected chi connectivity index (χ2v) is 4.90. The number of ketones is 1. The zero-order valence-corrected chi connectivity index (χ0v) is 12.8. The van der Waals surface area contributed by atoms with Gasteiger partial charge in [0.2, 0.25) is 0 Å². The van der Waals surface area contributed by atoms with E-state index in [1.807, 2.05) is 0 Å². The van der Waals surface area contributed by atoms with Gasteiger partial charge < -0.3 is 9.84 Å². The molecule has 23 heavy (non-hydrogen) atoms. The normalized spacial score (nSPS) is 10.7. The summed E-state index contributed by atoms with van der Waals surface area (Å²) in [6.07, 6.45) is 0. The van der Waals surface area contributed by atoms with Gasteiger partial charge in [0.15, 0.2) is 5.78 Å². The maximum Gasteiger partial charge on any atom is 0.302 e. The van der Waals surface area contributed by atoms with E-state index in [1.165, 1.54) is 26.0 Å². The summed E-state index contributed by atoms with van der Waals surface area (Å²) in [6.45, 7) is 2.94. The topological polar surface area (TPSA) is 88.3 Å². The van der Waals surface area contributed by atoms with Crippen molar-refractivity contribution in [3.63, 3.8) is 0 Å². The summed E-state index contributed by atoms with van der Waals surface area (Å²) in [5.41, 5.74) is 2.15. The first kappa shape index (κ1) is 16.4. The number of ether oxygens (including phenoxy) is 1. The minimum atomic E-state index is -0.331. The predicted octanol–water partition coefficient (Wildman–Crippen LogP) is 4.07. The Morgan fingerprint density at radius 2 is 1.61 bits per heavy atom. The molecule has 2 rings (SSSR count). The molecule has 0 bridgehead atoms. The highest BCUT2D eigenvalue weighted by Crippen LogP contribution is 2.25. The number of nitrogens with zero attached hydrogens (tertiary/aromatic N) is 2. The molecule has 0 radical (unpaired) electrons. The minimum Gasteiger partial charge on any atom is -0.507 e. The van der Waals surface area contributed by atoms with Crippen molar-refractivity contribution in [1.82, 2.24) is 0 Å². The number of phenols is 1. The highest BCUT2D eigenvalue weighted by atomic mass is 16.5. The van der Waals surface area contributed by atoms with Crippen molar-refractivity contribution in [2.75, 3.05) is 0 Å². The second kappa shape index (κ2) is 7.31. The average Bonchev–Trinajstić information content (AvgIpc) is 2.52. The number of carbonyl (C=O) groups is 2. The number of phenolic OH excluding ortho intramolecular Hbond substituents is 1. The Balaban J connectivity index is 2.09. The van der Waals surface area contributed by atoms with Gasteiger partial charge in [-0.1, -0.05) is 12.1 Å². The quantitative estimate of drug-likeness (QED) is 0.512. The number of hydrogen-bond acceptors (Lipinski definition) is 6. The van der Waals surface area contributed by atoms with Gasteiger partial charge in [-0.25, -0.2) is 0 Å². The van der Waals surface area contributed by atoms with Gasteiger partial charge >= 0.3 is 5.97 Å². The molecular weight excluding hydrogens is 296 g/mol. The molecule has 0 saturated heterocycles. The van der Waals surface area contributed by atoms with E-state index in [0.29, 0.717) is 11.4 Å². The molecule has 6 nitrogen and oxygen atoms in total. The van der Waals surface area contributed by atoms with Crippen LogP contribution in [0.3, 0.4) is 0 Å². The molecule has 6 heteroatoms. The molecule has 0 unspecified atom stereocenters. The van der Waals surface area contributed by atoms with Crippen molar-refractivity contribution in [2.45, 2.75) is 20.5 Å². The molecule has 0 spiro atoms. The van der Waals surface area contributed by atoms with E-state index in [0.717, 1.165) is 5.56 Å². The van der Waals surface area contributed by atoms with Crippen molar-refractivity contribution in [2.24, 2.45) is 10.2 Å². The van der Waals surface area contributed by atoms with Gasteiger partial charge in [0.25, 0.3) is 0 Å². The fraction of sp³-hybridized carbons (Fsp3) is 0.176. The summed E-state index contributed by atoms with van der Waals surface area (Å²) in [4.78, 5) is 22.1. The van der Waals surface area contributed by atoms with Crippen LogP contribution in [-0.4, -0.2) is 16.9 Å². The van der Waals surface area contributed by atoms with Crippen LogP contribution in [0.4, 0.5) is 11.4 Å². The predicted molar refractivity (Wildman–Crippen MR) is 84.2 cm³/mol. The Morgan fingerprint density at radius 3 is 2.22 bits per heavy atom. The standard InChI is InChI=1S/C17H16N2O4/c1-11(20)16-9-15(7-8-17(16)22)19-18-14-5-3-13(4-6-14)10-23-12(2)21/h3-9,22H,10H2,1-2H3/b19-18+. The van der Waals surface area contributed by atoms with Crippen molar-refractivity contribution >= 4 is 23.1 Å². The number of carbonyl (C=O) groups excluding carboxylic acids is 2. The number of Topliss-reactive ketones (excluding diaryl/α,β-unsaturated/α-hetero) is 1. The lowest BCUT2D eigenvalue weighted by Crippen LogP contribution is -1.98. The molecule has 1 N–H and O–H groups in total. The summed E-state index contributed by atoms with van der Waals surface area (Å²) in [5.74, 6) is -0.650. The van der Waals surface area contributed by atoms with Crippen LogP contribution in [0.25, 0.3) is 0 Å². The first-order chi connectivity index (χ1) is 11.0. The van der Waals surface area contributed by atoms with Crippen LogP contribution in [0.5, 0.6) is 5.75 Å². The Kier molecular flexibility index (Phi) is 5.19. The van der Waals surface area contributed by atoms with Gasteiger partial charge in [0.1, 0.15) is 12.4 Å². The first-order valence-electron chi connectivity index (χ1n) is 6.93. The van der Waals surface area contributed by atoms with E-state index in [-0.39, 0.29) is 29.7 Å². The van der Waals surface area contributed by atoms with Crippen LogP contribution in [0, 0.1) is 0 Å². The van der Waals surface area contributed by atoms with Crippen LogP contribution < -0.4 is 0 Å². The maximum atomic E-state index is 11.4. The molecule has 0 heterocycles. The molecule has 0 aliphatic carbocycles. The van der Waals surface area contributed by atoms with E-state index in [2.05, 4.69) is 10.2 Å². The first-order valence-corrected chi connectivity index (χ1v) is 6.93. The Hall–Kier alpha value is -3.02. The van der Waals surface area contributed by atoms with Crippen LogP contribution in [0.1, 0.15) is 29.8 Å². The molecule has 0 aliphatic rings. The van der Waals surface area contributed by atoms with Gasteiger partial charge in [-0.3, -0.25) is 9.59 Å². The summed E-state index contributed by atoms with van der Waals surface area (Å²) in [6, 6.07) is 11.5. The zero-order chi connectivity index (χ0) is 16.8. The maximum absolute atomic E-state index is 11.4. The minimum absolute atomic E-state index is 0.0775. The van der Waals surface area contributed by atoms with Gasteiger partial charge in [-0.2, -0.15) is 10.2 Å². The van der Waals surface area contributed by atoms with E-state index in [4.69, 9.17) is 4.74 Å². The summed E-state index contributed by atoms with van der Waals surface area (Å²) in [7, 11) is 0. The van der Waals surface area contributed by atoms with E-state index >= 15 is 0 Å². The van der Waals surface area contributed by atoms with Gasteiger partial charge in [-0.15, -0.1) is 0 Å². The van der Waals surface area contributed by atoms with Crippen LogP contribution >= 0.6 is 0 Å². The van der Waals surface area contributed by atoms with Crippen LogP contribution in [-0.2, 0) is 16.1 Å². The number of rotatable bonds is 5. The van der Waals surface area contributed by atoms with Crippen LogP contribution in [0.15, 0.2) is 52.7 Å². The Bertz CT molecular complexity index is 752. The Labute approximate surface area is 133 Å². The number of hydrogen-bond donors (Lipinski definition) is 1. The van der Waals surface area contributed by atoms with E-state index in [1.54, 1.807) is 30.3 Å². The van der Waals surface area contributed by atoms with Crippen molar-refractivity contribution in [3.8, 4) is 5.75 Å². The third-order valence-electron chi connectivity index (χ3n) is 3.02. The molecule has 0 fully saturated rings. The largest absolute Gasteiger partial charge is 0.507 e. The fourth-order valence-electron chi connectivity index (χ4n) is 1.83. The van der Waals surface area contributed by atoms with Crippen molar-refractivity contribution in [3.05, 3.63) is 53.6 Å². The van der Waals surface area contributed by atoms with Crippen molar-refractivity contribution < 1.29 is 19.4 Å². The fourth-order valence-corrected chi connectivity index (χ4v) is 1.83. The third kappa shape index (κ3) is 4.74. The molecule has 0 atom stereocenters. The number of aromatic hydroxyl groups is 1. The lowest BCUT2D eigenvalue weighted by molar-refractivity contribution is -0.142. The zero-order valence-electron chi connectivity index (χ0n) is 12.8. The summed E-state index contributed by atoms with van der Waals surface area (Å²) >= 11 is 0. The van der Waals surface area contributed by atoms with Crippen LogP contribution in [0.2, 0.25) is 0 Å². The molecule has 0 aliphatic heterocycles. The molecule has 0 amide bonds. The van der Waals surface area contributed by atoms with E-state index in [9.17, 15) is 14.7 Å². The number of benzene rings is 2. The summed E-state index contributed by atoms with van der Waals surface area (Å²) in [5, 5.41) is 17.7. The highest BCUT2D eigenvalue weighted by Gasteiger charge is 2.07. The van der Waals surface area contributed by atoms with Gasteiger partial charge in [0, 0.05) is 6.92 Å². The molecule has 2 aromatic carbocycles. The Morgan fingerprint density at radius 1 is 1.00 bits per heavy atom. The molecule has 118 valence electrons. The van der Waals surface area contributed by atoms with E-state index < -0.39 is 0 Å². The molecule has 2 aromatic rings. The smallest absolute Gasteiger partial charge is 0.302 e. The summed E-state index contributed by atoms with van der Waals surface area (Å²) < 4.78 is 4.90. The molecule has 0 saturated carbocycles. The van der Waals surface area contributed by atoms with Gasteiger partial charge in [-0.05, 0) is 42.8 Å². The number of esters is 1. The lowest BCUT2D eigenvalue weighted by atomic mass is 10.1. The average molecular weight is 312 g/mol. The van der Waals surface area contributed by atoms with Gasteiger partial charge in [0.05, 0.1) is 16.9 Å².